The van der Waals surface area contributed by atoms with Crippen LogP contribution in [0.3, 0.4) is 0 Å². The number of piperazine rings is 1. The molecular weight excluding hydrogens is 358 g/mol. The van der Waals surface area contributed by atoms with E-state index in [2.05, 4.69) is 33.8 Å². The van der Waals surface area contributed by atoms with Crippen LogP contribution in [-0.4, -0.2) is 54.2 Å². The Morgan fingerprint density at radius 1 is 1.26 bits per heavy atom. The molecule has 7 heteroatoms. The molecule has 0 spiro atoms. The first-order valence-corrected chi connectivity index (χ1v) is 10.3. The molecule has 1 saturated carbocycles. The lowest BCUT2D eigenvalue weighted by atomic mass is 10.0. The molecule has 1 aliphatic carbocycles. The van der Waals surface area contributed by atoms with E-state index in [-0.39, 0.29) is 11.4 Å². The van der Waals surface area contributed by atoms with Gasteiger partial charge < -0.3 is 15.1 Å². The molecular formula is C20H29N5OS. The number of rotatable bonds is 6. The first-order valence-electron chi connectivity index (χ1n) is 9.42. The third-order valence-electron chi connectivity index (χ3n) is 5.28. The van der Waals surface area contributed by atoms with Gasteiger partial charge in [0.05, 0.1) is 0 Å². The maximum atomic E-state index is 13.3. The van der Waals surface area contributed by atoms with Crippen molar-refractivity contribution in [3.8, 4) is 0 Å². The van der Waals surface area contributed by atoms with Gasteiger partial charge in [-0.2, -0.15) is 0 Å². The van der Waals surface area contributed by atoms with E-state index in [0.717, 1.165) is 53.6 Å². The second-order valence-electron chi connectivity index (χ2n) is 7.79. The van der Waals surface area contributed by atoms with Crippen LogP contribution < -0.4 is 10.2 Å². The van der Waals surface area contributed by atoms with Gasteiger partial charge in [0.25, 0.3) is 5.91 Å². The van der Waals surface area contributed by atoms with Crippen LogP contribution in [0.15, 0.2) is 39.1 Å². The first kappa shape index (κ1) is 19.6. The zero-order chi connectivity index (χ0) is 19.6. The second kappa shape index (κ2) is 7.84. The average molecular weight is 388 g/mol. The van der Waals surface area contributed by atoms with Gasteiger partial charge in [-0.15, -0.1) is 11.3 Å². The summed E-state index contributed by atoms with van der Waals surface area (Å²) in [6.07, 6.45) is 4.07. The summed E-state index contributed by atoms with van der Waals surface area (Å²) in [4.78, 5) is 26.0. The number of hydrogen-bond donors (Lipinski definition) is 1. The van der Waals surface area contributed by atoms with Gasteiger partial charge in [0, 0.05) is 54.4 Å². The monoisotopic (exact) mass is 387 g/mol. The third-order valence-corrected chi connectivity index (χ3v) is 6.11. The number of allylic oxidation sites excluding steroid dienone is 1. The highest BCUT2D eigenvalue weighted by Gasteiger charge is 2.38. The number of thiazole rings is 1. The van der Waals surface area contributed by atoms with Gasteiger partial charge >= 0.3 is 0 Å². The highest BCUT2D eigenvalue weighted by atomic mass is 32.1. The molecule has 0 radical (unpaired) electrons. The SMILES string of the molecule is C=N/C(NC1(C)CC1)=C(\C)C(C(=O)N1CCN(c2nccs2)CC1)=C(C)C. The van der Waals surface area contributed by atoms with Gasteiger partial charge in [-0.05, 0) is 47.3 Å². The van der Waals surface area contributed by atoms with Crippen LogP contribution in [0.1, 0.15) is 40.5 Å². The van der Waals surface area contributed by atoms with Gasteiger partial charge in [0.1, 0.15) is 5.82 Å². The fourth-order valence-corrected chi connectivity index (χ4v) is 4.05. The van der Waals surface area contributed by atoms with Gasteiger partial charge in [0.2, 0.25) is 0 Å². The van der Waals surface area contributed by atoms with Crippen LogP contribution in [0.5, 0.6) is 0 Å². The van der Waals surface area contributed by atoms with E-state index >= 15 is 0 Å². The van der Waals surface area contributed by atoms with Crippen molar-refractivity contribution in [2.75, 3.05) is 31.1 Å². The van der Waals surface area contributed by atoms with Crippen molar-refractivity contribution in [3.05, 3.63) is 34.1 Å². The number of nitrogens with zero attached hydrogens (tertiary/aromatic N) is 4. The predicted octanol–water partition coefficient (Wildman–Crippen LogP) is 3.20. The summed E-state index contributed by atoms with van der Waals surface area (Å²) >= 11 is 1.64. The second-order valence-corrected chi connectivity index (χ2v) is 8.66. The lowest BCUT2D eigenvalue weighted by Crippen LogP contribution is -2.49. The molecule has 0 bridgehead atoms. The van der Waals surface area contributed by atoms with Crippen molar-refractivity contribution >= 4 is 29.1 Å². The number of carbonyl (C=O) groups is 1. The molecule has 0 unspecified atom stereocenters. The van der Waals surface area contributed by atoms with E-state index < -0.39 is 0 Å². The largest absolute Gasteiger partial charge is 0.365 e. The number of amides is 1. The summed E-state index contributed by atoms with van der Waals surface area (Å²) in [5.74, 6) is 0.802. The van der Waals surface area contributed by atoms with Crippen molar-refractivity contribution in [3.63, 3.8) is 0 Å². The van der Waals surface area contributed by atoms with Gasteiger partial charge in [0.15, 0.2) is 5.13 Å². The van der Waals surface area contributed by atoms with Crippen LogP contribution in [0.25, 0.3) is 0 Å². The Bertz CT molecular complexity index is 764. The molecule has 0 aromatic carbocycles. The van der Waals surface area contributed by atoms with E-state index in [1.807, 2.05) is 37.2 Å². The minimum atomic E-state index is 0.0789. The van der Waals surface area contributed by atoms with Crippen LogP contribution in [0.2, 0.25) is 0 Å². The molecule has 27 heavy (non-hydrogen) atoms. The number of aliphatic imine (C=N–C) groups is 1. The third kappa shape index (κ3) is 4.40. The zero-order valence-corrected chi connectivity index (χ0v) is 17.5. The highest BCUT2D eigenvalue weighted by Crippen LogP contribution is 2.36. The van der Waals surface area contributed by atoms with Crippen molar-refractivity contribution in [1.82, 2.24) is 15.2 Å². The summed E-state index contributed by atoms with van der Waals surface area (Å²) in [5, 5.41) is 6.48. The molecule has 146 valence electrons. The first-order chi connectivity index (χ1) is 12.8. The summed E-state index contributed by atoms with van der Waals surface area (Å²) < 4.78 is 0. The van der Waals surface area contributed by atoms with Crippen molar-refractivity contribution in [1.29, 1.82) is 0 Å². The normalized spacial score (nSPS) is 19.3. The Balaban J connectivity index is 1.74. The molecule has 1 aromatic heterocycles. The molecule has 2 fully saturated rings. The van der Waals surface area contributed by atoms with Crippen LogP contribution in [0, 0.1) is 0 Å². The maximum Gasteiger partial charge on any atom is 0.254 e. The molecule has 0 atom stereocenters. The lowest BCUT2D eigenvalue weighted by molar-refractivity contribution is -0.127. The van der Waals surface area contributed by atoms with Crippen molar-refractivity contribution < 1.29 is 4.79 Å². The molecule has 1 amide bonds. The fraction of sp³-hybridized carbons (Fsp3) is 0.550. The Kier molecular flexibility index (Phi) is 5.69. The van der Waals surface area contributed by atoms with Crippen LogP contribution in [-0.2, 0) is 4.79 Å². The summed E-state index contributed by atoms with van der Waals surface area (Å²) in [5.41, 5.74) is 2.72. The standard InChI is InChI=1S/C20H29N5OS/c1-14(2)16(15(3)17(21-5)23-20(4)6-7-20)18(26)24-9-11-25(12-10-24)19-22-8-13-27-19/h8,13,23H,5-7,9-12H2,1-4H3/b17-15-. The lowest BCUT2D eigenvalue weighted by Gasteiger charge is -2.35. The molecule has 2 heterocycles. The summed E-state index contributed by atoms with van der Waals surface area (Å²) in [6.45, 7) is 14.8. The maximum absolute atomic E-state index is 13.3. The van der Waals surface area contributed by atoms with E-state index in [1.165, 1.54) is 0 Å². The molecule has 1 aliphatic heterocycles. The number of hydrogen-bond acceptors (Lipinski definition) is 6. The minimum Gasteiger partial charge on any atom is -0.365 e. The number of carbonyl (C=O) groups excluding carboxylic acids is 1. The molecule has 6 nitrogen and oxygen atoms in total. The topological polar surface area (TPSA) is 60.8 Å². The molecule has 2 aliphatic rings. The Morgan fingerprint density at radius 3 is 2.41 bits per heavy atom. The number of anilines is 1. The summed E-state index contributed by atoms with van der Waals surface area (Å²) in [7, 11) is 0. The van der Waals surface area contributed by atoms with Crippen molar-refractivity contribution in [2.45, 2.75) is 46.1 Å². The Hall–Kier alpha value is -2.15. The van der Waals surface area contributed by atoms with E-state index in [9.17, 15) is 4.79 Å². The van der Waals surface area contributed by atoms with E-state index in [4.69, 9.17) is 0 Å². The van der Waals surface area contributed by atoms with E-state index in [0.29, 0.717) is 13.1 Å². The summed E-state index contributed by atoms with van der Waals surface area (Å²) in [6, 6.07) is 0. The van der Waals surface area contributed by atoms with Crippen molar-refractivity contribution in [2.24, 2.45) is 4.99 Å². The minimum absolute atomic E-state index is 0.0789. The number of aromatic nitrogens is 1. The Morgan fingerprint density at radius 2 is 1.93 bits per heavy atom. The Labute approximate surface area is 165 Å². The molecule has 1 aromatic rings. The van der Waals surface area contributed by atoms with E-state index in [1.54, 1.807) is 11.3 Å². The van der Waals surface area contributed by atoms with Gasteiger partial charge in [-0.3, -0.25) is 4.79 Å². The zero-order valence-electron chi connectivity index (χ0n) is 16.7. The van der Waals surface area contributed by atoms with Crippen LogP contribution in [0.4, 0.5) is 5.13 Å². The van der Waals surface area contributed by atoms with Gasteiger partial charge in [-0.25, -0.2) is 9.98 Å². The molecule has 1 N–H and O–H groups in total. The average Bonchev–Trinajstić information content (AvgIpc) is 3.14. The fourth-order valence-electron chi connectivity index (χ4n) is 3.35. The molecule has 3 rings (SSSR count). The predicted molar refractivity (Wildman–Crippen MR) is 112 cm³/mol. The quantitative estimate of drug-likeness (QED) is 0.463. The smallest absolute Gasteiger partial charge is 0.254 e. The van der Waals surface area contributed by atoms with Gasteiger partial charge in [-0.1, -0.05) is 5.57 Å². The highest BCUT2D eigenvalue weighted by molar-refractivity contribution is 7.13. The molecule has 1 saturated heterocycles. The number of nitrogens with one attached hydrogen (secondary N) is 1. The van der Waals surface area contributed by atoms with Crippen LogP contribution >= 0.6 is 11.3 Å².